The van der Waals surface area contributed by atoms with Gasteiger partial charge in [0.2, 0.25) is 0 Å². The topological polar surface area (TPSA) is 61.1 Å². The van der Waals surface area contributed by atoms with Crippen LogP contribution in [0, 0.1) is 11.3 Å². The molecule has 90 valence electrons. The fourth-order valence-electron chi connectivity index (χ4n) is 1.70. The summed E-state index contributed by atoms with van der Waals surface area (Å²) in [4.78, 5) is 10.6. The molecule has 0 atom stereocenters. The highest BCUT2D eigenvalue weighted by Crippen LogP contribution is 2.28. The van der Waals surface area contributed by atoms with Crippen molar-refractivity contribution in [2.75, 3.05) is 0 Å². The first-order valence-corrected chi connectivity index (χ1v) is 5.05. The third-order valence-corrected chi connectivity index (χ3v) is 2.40. The van der Waals surface area contributed by atoms with Gasteiger partial charge in [-0.05, 0) is 23.6 Å². The fourth-order valence-corrected chi connectivity index (χ4v) is 1.70. The minimum Gasteiger partial charge on any atom is -0.481 e. The number of benzene rings is 1. The maximum absolute atomic E-state index is 12.8. The fraction of sp³-hybridized carbons (Fsp3) is 0.333. The highest BCUT2D eigenvalue weighted by molar-refractivity contribution is 5.70. The van der Waals surface area contributed by atoms with Gasteiger partial charge in [-0.1, -0.05) is 13.0 Å². The molecule has 1 aromatic carbocycles. The summed E-state index contributed by atoms with van der Waals surface area (Å²) in [5.74, 6) is -1.05. The minimum atomic E-state index is -2.72. The molecule has 0 spiro atoms. The third kappa shape index (κ3) is 3.00. The summed E-state index contributed by atoms with van der Waals surface area (Å²) in [7, 11) is 0. The number of hydrogen-bond donors (Lipinski definition) is 1. The lowest BCUT2D eigenvalue weighted by Crippen LogP contribution is -2.05. The Morgan fingerprint density at radius 1 is 1.53 bits per heavy atom. The van der Waals surface area contributed by atoms with Gasteiger partial charge >= 0.3 is 5.97 Å². The third-order valence-electron chi connectivity index (χ3n) is 2.40. The summed E-state index contributed by atoms with van der Waals surface area (Å²) in [6.45, 7) is 1.69. The van der Waals surface area contributed by atoms with Crippen molar-refractivity contribution in [3.63, 3.8) is 0 Å². The smallest absolute Gasteiger partial charge is 0.307 e. The van der Waals surface area contributed by atoms with E-state index in [4.69, 9.17) is 10.4 Å². The molecule has 1 aromatic rings. The average Bonchev–Trinajstić information content (AvgIpc) is 2.26. The number of rotatable bonds is 4. The quantitative estimate of drug-likeness (QED) is 0.878. The molecule has 0 radical (unpaired) electrons. The monoisotopic (exact) mass is 239 g/mol. The number of nitrogens with zero attached hydrogens (tertiary/aromatic N) is 1. The maximum Gasteiger partial charge on any atom is 0.307 e. The van der Waals surface area contributed by atoms with E-state index in [0.29, 0.717) is 17.5 Å². The lowest BCUT2D eigenvalue weighted by molar-refractivity contribution is -0.136. The first kappa shape index (κ1) is 13.1. The zero-order chi connectivity index (χ0) is 13.0. The molecule has 1 rings (SSSR count). The molecule has 0 fully saturated rings. The van der Waals surface area contributed by atoms with Gasteiger partial charge in [-0.15, -0.1) is 0 Å². The molecule has 0 aliphatic rings. The van der Waals surface area contributed by atoms with Crippen LogP contribution in [-0.4, -0.2) is 11.1 Å². The zero-order valence-electron chi connectivity index (χ0n) is 9.20. The van der Waals surface area contributed by atoms with Gasteiger partial charge in [-0.25, -0.2) is 8.78 Å². The molecule has 0 aromatic heterocycles. The van der Waals surface area contributed by atoms with E-state index in [9.17, 15) is 13.6 Å². The predicted octanol–water partition coefficient (Wildman–Crippen LogP) is 2.69. The molecule has 1 N–H and O–H groups in total. The number of carboxylic acids is 1. The molecular weight excluding hydrogens is 228 g/mol. The average molecular weight is 239 g/mol. The van der Waals surface area contributed by atoms with Gasteiger partial charge in [0.05, 0.1) is 18.1 Å². The second kappa shape index (κ2) is 5.39. The number of hydrogen-bond acceptors (Lipinski definition) is 2. The number of aliphatic carboxylic acids is 1. The van der Waals surface area contributed by atoms with E-state index in [2.05, 4.69) is 0 Å². The van der Waals surface area contributed by atoms with Crippen molar-refractivity contribution in [1.82, 2.24) is 0 Å². The van der Waals surface area contributed by atoms with Gasteiger partial charge < -0.3 is 5.11 Å². The summed E-state index contributed by atoms with van der Waals surface area (Å²) in [5, 5.41) is 17.5. The summed E-state index contributed by atoms with van der Waals surface area (Å²) in [5.41, 5.74) is 0.269. The number of carboxylic acid groups (broad SMARTS) is 1. The van der Waals surface area contributed by atoms with E-state index in [1.54, 1.807) is 13.0 Å². The number of halogens is 2. The van der Waals surface area contributed by atoms with Crippen molar-refractivity contribution in [3.8, 4) is 6.07 Å². The van der Waals surface area contributed by atoms with Gasteiger partial charge in [0, 0.05) is 5.56 Å². The van der Waals surface area contributed by atoms with Crippen LogP contribution >= 0.6 is 0 Å². The van der Waals surface area contributed by atoms with Crippen molar-refractivity contribution >= 4 is 5.97 Å². The van der Waals surface area contributed by atoms with E-state index < -0.39 is 12.4 Å². The second-order valence-corrected chi connectivity index (χ2v) is 3.55. The highest BCUT2D eigenvalue weighted by atomic mass is 19.3. The summed E-state index contributed by atoms with van der Waals surface area (Å²) in [6.07, 6.45) is -2.66. The molecule has 0 saturated carbocycles. The Morgan fingerprint density at radius 2 is 2.18 bits per heavy atom. The number of aryl methyl sites for hydroxylation is 1. The number of carbonyl (C=O) groups is 1. The van der Waals surface area contributed by atoms with E-state index in [1.165, 1.54) is 12.1 Å². The Balaban J connectivity index is 3.35. The van der Waals surface area contributed by atoms with Crippen LogP contribution in [0.1, 0.15) is 35.6 Å². The van der Waals surface area contributed by atoms with Crippen LogP contribution in [0.2, 0.25) is 0 Å². The molecule has 0 aliphatic carbocycles. The summed E-state index contributed by atoms with van der Waals surface area (Å²) < 4.78 is 25.6. The Morgan fingerprint density at radius 3 is 2.59 bits per heavy atom. The van der Waals surface area contributed by atoms with Crippen LogP contribution in [0.5, 0.6) is 0 Å². The minimum absolute atomic E-state index is 0.143. The van der Waals surface area contributed by atoms with Gasteiger partial charge in [-0.3, -0.25) is 4.79 Å². The summed E-state index contributed by atoms with van der Waals surface area (Å²) >= 11 is 0. The van der Waals surface area contributed by atoms with Gasteiger partial charge in [0.25, 0.3) is 6.43 Å². The van der Waals surface area contributed by atoms with E-state index in [1.807, 2.05) is 0 Å². The van der Waals surface area contributed by atoms with Crippen molar-refractivity contribution in [2.45, 2.75) is 26.2 Å². The predicted molar refractivity (Wildman–Crippen MR) is 56.8 cm³/mol. The molecule has 3 nitrogen and oxygen atoms in total. The second-order valence-electron chi connectivity index (χ2n) is 3.55. The van der Waals surface area contributed by atoms with Gasteiger partial charge in [-0.2, -0.15) is 5.26 Å². The normalized spacial score (nSPS) is 10.3. The Labute approximate surface area is 97.3 Å². The van der Waals surface area contributed by atoms with Crippen molar-refractivity contribution < 1.29 is 18.7 Å². The lowest BCUT2D eigenvalue weighted by atomic mass is 9.95. The van der Waals surface area contributed by atoms with Crippen LogP contribution in [0.3, 0.4) is 0 Å². The van der Waals surface area contributed by atoms with Crippen molar-refractivity contribution in [1.29, 1.82) is 5.26 Å². The molecule has 0 aliphatic heterocycles. The van der Waals surface area contributed by atoms with Gasteiger partial charge in [0.15, 0.2) is 0 Å². The van der Waals surface area contributed by atoms with E-state index in [0.717, 1.165) is 0 Å². The van der Waals surface area contributed by atoms with Crippen LogP contribution in [0.4, 0.5) is 8.78 Å². The molecule has 0 bridgehead atoms. The highest BCUT2D eigenvalue weighted by Gasteiger charge is 2.18. The van der Waals surface area contributed by atoms with Crippen LogP contribution in [0.25, 0.3) is 0 Å². The first-order chi connectivity index (χ1) is 7.99. The van der Waals surface area contributed by atoms with Crippen LogP contribution in [0.15, 0.2) is 12.1 Å². The Bertz CT molecular complexity index is 478. The largest absolute Gasteiger partial charge is 0.481 e. The Kier molecular flexibility index (Phi) is 4.16. The molecular formula is C12H11F2NO2. The lowest BCUT2D eigenvalue weighted by Gasteiger charge is -2.11. The number of alkyl halides is 2. The standard InChI is InChI=1S/C12H11F2NO2/c1-2-8-3-7(5-10(16)17)4-9(6-15)11(8)12(13)14/h3-4,12H,2,5H2,1H3,(H,16,17). The van der Waals surface area contributed by atoms with Crippen LogP contribution in [-0.2, 0) is 17.6 Å². The molecule has 17 heavy (non-hydrogen) atoms. The molecule has 0 saturated heterocycles. The molecule has 0 amide bonds. The first-order valence-electron chi connectivity index (χ1n) is 5.05. The number of nitriles is 1. The summed E-state index contributed by atoms with van der Waals surface area (Å²) in [6, 6.07) is 4.34. The van der Waals surface area contributed by atoms with Crippen molar-refractivity contribution in [3.05, 3.63) is 34.4 Å². The van der Waals surface area contributed by atoms with Gasteiger partial charge in [0.1, 0.15) is 0 Å². The molecule has 0 unspecified atom stereocenters. The SMILES string of the molecule is CCc1cc(CC(=O)O)cc(C#N)c1C(F)F. The molecule has 5 heteroatoms. The van der Waals surface area contributed by atoms with E-state index in [-0.39, 0.29) is 17.5 Å². The maximum atomic E-state index is 12.8. The Hall–Kier alpha value is -1.96. The van der Waals surface area contributed by atoms with E-state index >= 15 is 0 Å². The van der Waals surface area contributed by atoms with Crippen molar-refractivity contribution in [2.24, 2.45) is 0 Å². The van der Waals surface area contributed by atoms with Crippen LogP contribution < -0.4 is 0 Å². The molecule has 0 heterocycles. The zero-order valence-corrected chi connectivity index (χ0v) is 9.20.